The summed E-state index contributed by atoms with van der Waals surface area (Å²) in [6, 6.07) is 0. The van der Waals surface area contributed by atoms with E-state index in [-0.39, 0.29) is 0 Å². The van der Waals surface area contributed by atoms with Gasteiger partial charge in [-0.2, -0.15) is 0 Å². The Bertz CT molecular complexity index is 324. The maximum Gasteiger partial charge on any atom is 0.197 e. The highest BCUT2D eigenvalue weighted by atomic mass is 32.1. The number of hydrogen-bond acceptors (Lipinski definition) is 3. The molecule has 0 atom stereocenters. The fourth-order valence-electron chi connectivity index (χ4n) is 1.34. The van der Waals surface area contributed by atoms with Crippen LogP contribution in [0.3, 0.4) is 0 Å². The molecule has 1 aromatic rings. The van der Waals surface area contributed by atoms with Crippen LogP contribution in [0, 0.1) is 4.77 Å². The maximum atomic E-state index is 5.64. The third-order valence-corrected chi connectivity index (χ3v) is 2.20. The van der Waals surface area contributed by atoms with Crippen molar-refractivity contribution in [2.45, 2.75) is 12.8 Å². The molecule has 11 heavy (non-hydrogen) atoms. The molecule has 0 amide bonds. The lowest BCUT2D eigenvalue weighted by Gasteiger charge is -2.13. The van der Waals surface area contributed by atoms with Crippen molar-refractivity contribution in [3.8, 4) is 0 Å². The average molecular weight is 170 g/mol. The molecule has 0 unspecified atom stereocenters. The van der Waals surface area contributed by atoms with E-state index in [1.54, 1.807) is 0 Å². The molecule has 2 rings (SSSR count). The molecule has 1 aliphatic heterocycles. The zero-order valence-corrected chi connectivity index (χ0v) is 6.87. The molecule has 0 saturated carbocycles. The van der Waals surface area contributed by atoms with Crippen molar-refractivity contribution in [3.05, 3.63) is 10.5 Å². The molecule has 0 radical (unpaired) electrons. The van der Waals surface area contributed by atoms with E-state index in [0.717, 1.165) is 30.9 Å². The molecular formula is C6H10N4S. The number of nitrogens with zero attached hydrogens (tertiary/aromatic N) is 1. The number of anilines is 1. The molecular weight excluding hydrogens is 160 g/mol. The molecule has 0 aliphatic carbocycles. The highest BCUT2D eigenvalue weighted by Gasteiger charge is 2.13. The van der Waals surface area contributed by atoms with Crippen LogP contribution in [0.5, 0.6) is 0 Å². The Morgan fingerprint density at radius 1 is 1.55 bits per heavy atom. The molecule has 0 bridgehead atoms. The van der Waals surface area contributed by atoms with Crippen molar-refractivity contribution in [2.75, 3.05) is 17.7 Å². The van der Waals surface area contributed by atoms with E-state index >= 15 is 0 Å². The zero-order valence-electron chi connectivity index (χ0n) is 6.05. The van der Waals surface area contributed by atoms with E-state index < -0.39 is 0 Å². The second kappa shape index (κ2) is 2.27. The lowest BCUT2D eigenvalue weighted by atomic mass is 10.2. The number of aryl methyl sites for hydroxylation is 1. The standard InChI is InChI=1S/C6H10N4S/c7-10-5-4(9-6(10)11)2-1-3-8-5/h8H,1-3,7H2,(H,9,11). The molecule has 1 aliphatic rings. The van der Waals surface area contributed by atoms with Gasteiger partial charge >= 0.3 is 0 Å². The Hall–Kier alpha value is -0.970. The minimum atomic E-state index is 0.587. The van der Waals surface area contributed by atoms with Crippen LogP contribution >= 0.6 is 12.2 Å². The average Bonchev–Trinajstić information content (AvgIpc) is 2.30. The van der Waals surface area contributed by atoms with Crippen molar-refractivity contribution in [3.63, 3.8) is 0 Å². The smallest absolute Gasteiger partial charge is 0.197 e. The highest BCUT2D eigenvalue weighted by molar-refractivity contribution is 7.71. The highest BCUT2D eigenvalue weighted by Crippen LogP contribution is 2.18. The third kappa shape index (κ3) is 0.920. The Labute approximate surface area is 69.4 Å². The molecule has 60 valence electrons. The van der Waals surface area contributed by atoms with Crippen molar-refractivity contribution < 1.29 is 0 Å². The first kappa shape index (κ1) is 6.72. The van der Waals surface area contributed by atoms with Gasteiger partial charge in [0.25, 0.3) is 0 Å². The molecule has 0 spiro atoms. The summed E-state index contributed by atoms with van der Waals surface area (Å²) in [5.74, 6) is 6.59. The number of nitrogens with two attached hydrogens (primary N) is 1. The Balaban J connectivity index is 2.59. The lowest BCUT2D eigenvalue weighted by Crippen LogP contribution is -2.18. The summed E-state index contributed by atoms with van der Waals surface area (Å²) in [5.41, 5.74) is 1.13. The molecule has 2 heterocycles. The van der Waals surface area contributed by atoms with Crippen LogP contribution in [0.2, 0.25) is 0 Å². The van der Waals surface area contributed by atoms with Gasteiger partial charge in [-0.1, -0.05) is 0 Å². The van der Waals surface area contributed by atoms with Crippen molar-refractivity contribution in [2.24, 2.45) is 0 Å². The van der Waals surface area contributed by atoms with Crippen molar-refractivity contribution in [1.29, 1.82) is 0 Å². The summed E-state index contributed by atoms with van der Waals surface area (Å²) >= 11 is 4.96. The van der Waals surface area contributed by atoms with Crippen LogP contribution in [0.1, 0.15) is 12.1 Å². The van der Waals surface area contributed by atoms with Gasteiger partial charge in [0.1, 0.15) is 5.82 Å². The Morgan fingerprint density at radius 2 is 2.36 bits per heavy atom. The molecule has 0 aromatic carbocycles. The van der Waals surface area contributed by atoms with E-state index in [0.29, 0.717) is 4.77 Å². The summed E-state index contributed by atoms with van der Waals surface area (Å²) in [7, 11) is 0. The number of aromatic amines is 1. The summed E-state index contributed by atoms with van der Waals surface area (Å²) in [6.45, 7) is 0.983. The first-order valence-corrected chi connectivity index (χ1v) is 4.02. The summed E-state index contributed by atoms with van der Waals surface area (Å²) < 4.78 is 2.08. The largest absolute Gasteiger partial charge is 0.369 e. The molecule has 4 nitrogen and oxygen atoms in total. The molecule has 4 N–H and O–H groups in total. The van der Waals surface area contributed by atoms with Gasteiger partial charge in [-0.15, -0.1) is 0 Å². The number of hydrogen-bond donors (Lipinski definition) is 3. The van der Waals surface area contributed by atoms with Crippen molar-refractivity contribution >= 4 is 18.0 Å². The van der Waals surface area contributed by atoms with Gasteiger partial charge in [0, 0.05) is 6.54 Å². The minimum absolute atomic E-state index is 0.587. The van der Waals surface area contributed by atoms with Gasteiger partial charge in [0.2, 0.25) is 0 Å². The number of H-pyrrole nitrogens is 1. The topological polar surface area (TPSA) is 58.8 Å². The normalized spacial score (nSPS) is 15.6. The minimum Gasteiger partial charge on any atom is -0.369 e. The molecule has 5 heteroatoms. The first-order chi connectivity index (χ1) is 5.29. The second-order valence-electron chi connectivity index (χ2n) is 2.66. The number of imidazole rings is 1. The van der Waals surface area contributed by atoms with Crippen LogP contribution in [0.25, 0.3) is 0 Å². The predicted molar refractivity (Wildman–Crippen MR) is 46.6 cm³/mol. The Kier molecular flexibility index (Phi) is 1.38. The predicted octanol–water partition coefficient (Wildman–Crippen LogP) is 0.618. The van der Waals surface area contributed by atoms with Gasteiger partial charge in [-0.3, -0.25) is 0 Å². The van der Waals surface area contributed by atoms with Crippen LogP contribution in [0.4, 0.5) is 5.82 Å². The number of fused-ring (bicyclic) bond motifs is 1. The zero-order chi connectivity index (χ0) is 7.84. The fraction of sp³-hybridized carbons (Fsp3) is 0.500. The summed E-state index contributed by atoms with van der Waals surface area (Å²) in [6.07, 6.45) is 2.18. The molecule has 0 saturated heterocycles. The Morgan fingerprint density at radius 3 is 3.09 bits per heavy atom. The van der Waals surface area contributed by atoms with E-state index in [1.807, 2.05) is 0 Å². The van der Waals surface area contributed by atoms with Gasteiger partial charge in [-0.25, -0.2) is 4.68 Å². The van der Waals surface area contributed by atoms with Crippen molar-refractivity contribution in [1.82, 2.24) is 9.66 Å². The summed E-state index contributed by atoms with van der Waals surface area (Å²) in [4.78, 5) is 3.06. The SMILES string of the molecule is Nn1c2c([nH]c1=S)CCCN2. The molecule has 0 fully saturated rings. The number of nitrogens with one attached hydrogen (secondary N) is 2. The monoisotopic (exact) mass is 170 g/mol. The van der Waals surface area contributed by atoms with Crippen LogP contribution in [0.15, 0.2) is 0 Å². The fourth-order valence-corrected chi connectivity index (χ4v) is 1.55. The van der Waals surface area contributed by atoms with Crippen LogP contribution in [-0.4, -0.2) is 16.2 Å². The van der Waals surface area contributed by atoms with Gasteiger partial charge < -0.3 is 16.1 Å². The van der Waals surface area contributed by atoms with Gasteiger partial charge in [0.05, 0.1) is 5.69 Å². The summed E-state index contributed by atoms with van der Waals surface area (Å²) in [5, 5.41) is 3.19. The second-order valence-corrected chi connectivity index (χ2v) is 3.04. The van der Waals surface area contributed by atoms with Crippen LogP contribution < -0.4 is 11.2 Å². The number of aromatic nitrogens is 2. The van der Waals surface area contributed by atoms with Gasteiger partial charge in [0.15, 0.2) is 4.77 Å². The first-order valence-electron chi connectivity index (χ1n) is 3.62. The van der Waals surface area contributed by atoms with E-state index in [1.165, 1.54) is 4.68 Å². The lowest BCUT2D eigenvalue weighted by molar-refractivity contribution is 0.800. The van der Waals surface area contributed by atoms with Gasteiger partial charge in [-0.05, 0) is 25.1 Å². The van der Waals surface area contributed by atoms with E-state index in [9.17, 15) is 0 Å². The quantitative estimate of drug-likeness (QED) is 0.395. The number of nitrogen functional groups attached to an aromatic ring is 1. The van der Waals surface area contributed by atoms with Crippen LogP contribution in [-0.2, 0) is 6.42 Å². The third-order valence-electron chi connectivity index (χ3n) is 1.90. The van der Waals surface area contributed by atoms with E-state index in [2.05, 4.69) is 10.3 Å². The number of rotatable bonds is 0. The molecule has 1 aromatic heterocycles. The maximum absolute atomic E-state index is 5.64. The van der Waals surface area contributed by atoms with E-state index in [4.69, 9.17) is 18.1 Å².